The molecule has 0 aromatic heterocycles. The third-order valence-electron chi connectivity index (χ3n) is 7.89. The summed E-state index contributed by atoms with van der Waals surface area (Å²) in [5, 5.41) is 0. The van der Waals surface area contributed by atoms with E-state index in [1.165, 1.54) is 24.8 Å². The van der Waals surface area contributed by atoms with Gasteiger partial charge in [0.05, 0.1) is 23.6 Å². The highest BCUT2D eigenvalue weighted by Gasteiger charge is 2.37. The fourth-order valence-corrected chi connectivity index (χ4v) is 5.22. The summed E-state index contributed by atoms with van der Waals surface area (Å²) in [7, 11) is 1.31. The van der Waals surface area contributed by atoms with Crippen molar-refractivity contribution >= 4 is 17.9 Å². The van der Waals surface area contributed by atoms with Crippen LogP contribution in [0.1, 0.15) is 47.6 Å². The molecule has 1 saturated heterocycles. The second kappa shape index (κ2) is 18.4. The van der Waals surface area contributed by atoms with Crippen LogP contribution < -0.4 is 5.73 Å². The number of hydrogen-bond donors (Lipinski definition) is 1. The third kappa shape index (κ3) is 12.4. The molecule has 3 aromatic rings. The van der Waals surface area contributed by atoms with Gasteiger partial charge in [0.2, 0.25) is 11.8 Å². The van der Waals surface area contributed by atoms with E-state index in [1.807, 2.05) is 30.3 Å². The van der Waals surface area contributed by atoms with E-state index in [9.17, 15) is 40.7 Å². The molecule has 50 heavy (non-hydrogen) atoms. The van der Waals surface area contributed by atoms with Crippen molar-refractivity contribution in [3.63, 3.8) is 0 Å². The predicted octanol–water partition coefficient (Wildman–Crippen LogP) is 6.77. The van der Waals surface area contributed by atoms with E-state index in [4.69, 9.17) is 10.5 Å². The van der Waals surface area contributed by atoms with Gasteiger partial charge in [-0.2, -0.15) is 26.3 Å². The van der Waals surface area contributed by atoms with Gasteiger partial charge >= 0.3 is 18.4 Å². The lowest BCUT2D eigenvalue weighted by Crippen LogP contribution is -2.54. The SMILES string of the molecule is CCCCN.CN(CC(Cc1ccccc1)C(=O)N1CCN(Cc2ccccc2)C(=O)C1)C(=O)OCc1cc(C(F)(F)F)cc(C(F)(F)F)c1. The number of rotatable bonds is 11. The molecule has 3 aromatic carbocycles. The number of carbonyl (C=O) groups excluding carboxylic acids is 3. The van der Waals surface area contributed by atoms with Crippen LogP contribution in [0.25, 0.3) is 0 Å². The van der Waals surface area contributed by atoms with Crippen molar-refractivity contribution in [1.82, 2.24) is 14.7 Å². The minimum Gasteiger partial charge on any atom is -0.445 e. The maximum Gasteiger partial charge on any atom is 0.416 e. The highest BCUT2D eigenvalue weighted by molar-refractivity contribution is 5.87. The molecule has 3 amide bonds. The predicted molar refractivity (Wildman–Crippen MR) is 175 cm³/mol. The number of carbonyl (C=O) groups is 3. The minimum absolute atomic E-state index is 0.0104. The number of hydrogen-bond acceptors (Lipinski definition) is 5. The second-order valence-corrected chi connectivity index (χ2v) is 11.9. The number of nitrogens with zero attached hydrogens (tertiary/aromatic N) is 3. The number of amides is 3. The summed E-state index contributed by atoms with van der Waals surface area (Å²) in [6.07, 6.45) is -8.54. The Balaban J connectivity index is 0.00000126. The molecule has 2 N–H and O–H groups in total. The lowest BCUT2D eigenvalue weighted by Gasteiger charge is -2.36. The molecule has 1 aliphatic rings. The Bertz CT molecular complexity index is 1500. The number of benzene rings is 3. The average molecular weight is 709 g/mol. The van der Waals surface area contributed by atoms with Crippen molar-refractivity contribution < 1.29 is 45.5 Å². The van der Waals surface area contributed by atoms with E-state index in [2.05, 4.69) is 6.92 Å². The molecule has 1 atom stereocenters. The molecule has 0 spiro atoms. The lowest BCUT2D eigenvalue weighted by molar-refractivity contribution is -0.148. The zero-order valence-corrected chi connectivity index (χ0v) is 28.0. The van der Waals surface area contributed by atoms with Crippen molar-refractivity contribution in [3.8, 4) is 0 Å². The molecule has 1 heterocycles. The molecule has 0 radical (unpaired) electrons. The van der Waals surface area contributed by atoms with E-state index in [-0.39, 0.29) is 43.9 Å². The van der Waals surface area contributed by atoms with Crippen LogP contribution in [0.4, 0.5) is 31.1 Å². The highest BCUT2D eigenvalue weighted by Crippen LogP contribution is 2.36. The van der Waals surface area contributed by atoms with Crippen LogP contribution in [-0.4, -0.2) is 72.4 Å². The van der Waals surface area contributed by atoms with Gasteiger partial charge < -0.3 is 25.2 Å². The molecule has 0 aliphatic carbocycles. The Hall–Kier alpha value is -4.59. The number of piperazine rings is 1. The van der Waals surface area contributed by atoms with Gasteiger partial charge in [-0.05, 0) is 54.3 Å². The smallest absolute Gasteiger partial charge is 0.416 e. The Kier molecular flexibility index (Phi) is 14.7. The summed E-state index contributed by atoms with van der Waals surface area (Å²) in [6.45, 7) is 2.78. The van der Waals surface area contributed by atoms with Gasteiger partial charge in [-0.15, -0.1) is 0 Å². The number of halogens is 6. The maximum atomic E-state index is 13.7. The highest BCUT2D eigenvalue weighted by atomic mass is 19.4. The monoisotopic (exact) mass is 708 g/mol. The molecule has 0 bridgehead atoms. The molecule has 1 fully saturated rings. The molecule has 1 aliphatic heterocycles. The normalized spacial score (nSPS) is 14.1. The molecular weight excluding hydrogens is 666 g/mol. The summed E-state index contributed by atoms with van der Waals surface area (Å²) < 4.78 is 84.3. The number of nitrogens with two attached hydrogens (primary N) is 1. The Morgan fingerprint density at radius 3 is 1.90 bits per heavy atom. The van der Waals surface area contributed by atoms with Crippen LogP contribution in [0.2, 0.25) is 0 Å². The minimum atomic E-state index is -5.05. The third-order valence-corrected chi connectivity index (χ3v) is 7.89. The van der Waals surface area contributed by atoms with E-state index in [0.29, 0.717) is 25.2 Å². The van der Waals surface area contributed by atoms with E-state index < -0.39 is 47.7 Å². The van der Waals surface area contributed by atoms with Crippen LogP contribution >= 0.6 is 0 Å². The van der Waals surface area contributed by atoms with E-state index in [0.717, 1.165) is 22.6 Å². The topological polar surface area (TPSA) is 96.2 Å². The molecule has 8 nitrogen and oxygen atoms in total. The van der Waals surface area contributed by atoms with Crippen LogP contribution in [0.3, 0.4) is 0 Å². The van der Waals surface area contributed by atoms with Crippen molar-refractivity contribution in [1.29, 1.82) is 0 Å². The summed E-state index contributed by atoms with van der Waals surface area (Å²) in [5.41, 5.74) is 3.33. The van der Waals surface area contributed by atoms with Crippen LogP contribution in [0.15, 0.2) is 78.9 Å². The van der Waals surface area contributed by atoms with Gasteiger partial charge in [0.15, 0.2) is 0 Å². The maximum absolute atomic E-state index is 13.7. The van der Waals surface area contributed by atoms with Gasteiger partial charge in [-0.3, -0.25) is 9.59 Å². The van der Waals surface area contributed by atoms with Crippen LogP contribution in [-0.2, 0) is 46.3 Å². The van der Waals surface area contributed by atoms with Gasteiger partial charge in [-0.1, -0.05) is 74.0 Å². The summed E-state index contributed by atoms with van der Waals surface area (Å²) in [5.74, 6) is -1.42. The summed E-state index contributed by atoms with van der Waals surface area (Å²) >= 11 is 0. The first kappa shape index (κ1) is 39.8. The van der Waals surface area contributed by atoms with E-state index in [1.54, 1.807) is 35.2 Å². The zero-order valence-electron chi connectivity index (χ0n) is 28.0. The molecular formula is C36H42F6N4O4. The van der Waals surface area contributed by atoms with Gasteiger partial charge in [0.25, 0.3) is 0 Å². The zero-order chi connectivity index (χ0) is 36.9. The average Bonchev–Trinajstić information content (AvgIpc) is 3.08. The first-order valence-corrected chi connectivity index (χ1v) is 16.1. The fourth-order valence-electron chi connectivity index (χ4n) is 5.22. The number of ether oxygens (including phenoxy) is 1. The molecule has 4 rings (SSSR count). The molecule has 272 valence electrons. The Morgan fingerprint density at radius 1 is 0.860 bits per heavy atom. The summed E-state index contributed by atoms with van der Waals surface area (Å²) in [4.78, 5) is 43.5. The largest absolute Gasteiger partial charge is 0.445 e. The number of unbranched alkanes of at least 4 members (excludes halogenated alkanes) is 1. The lowest BCUT2D eigenvalue weighted by atomic mass is 9.97. The number of alkyl halides is 6. The molecule has 0 saturated carbocycles. The quantitative estimate of drug-likeness (QED) is 0.222. The van der Waals surface area contributed by atoms with Crippen molar-refractivity contribution in [2.75, 3.05) is 39.8 Å². The van der Waals surface area contributed by atoms with Crippen LogP contribution in [0.5, 0.6) is 0 Å². The first-order valence-electron chi connectivity index (χ1n) is 16.1. The Labute approximate surface area is 287 Å². The van der Waals surface area contributed by atoms with Gasteiger partial charge in [0.1, 0.15) is 6.61 Å². The van der Waals surface area contributed by atoms with Crippen molar-refractivity contribution in [2.24, 2.45) is 11.7 Å². The first-order chi connectivity index (χ1) is 23.6. The van der Waals surface area contributed by atoms with E-state index >= 15 is 0 Å². The second-order valence-electron chi connectivity index (χ2n) is 11.9. The van der Waals surface area contributed by atoms with Gasteiger partial charge in [0, 0.05) is 33.2 Å². The molecule has 1 unspecified atom stereocenters. The van der Waals surface area contributed by atoms with Crippen molar-refractivity contribution in [2.45, 2.75) is 51.7 Å². The van der Waals surface area contributed by atoms with Crippen molar-refractivity contribution in [3.05, 3.63) is 107 Å². The summed E-state index contributed by atoms with van der Waals surface area (Å²) in [6, 6.07) is 19.3. The fraction of sp³-hybridized carbons (Fsp3) is 0.417. The Morgan fingerprint density at radius 2 is 1.42 bits per heavy atom. The van der Waals surface area contributed by atoms with Crippen LogP contribution in [0, 0.1) is 5.92 Å². The standard InChI is InChI=1S/C32H31F6N3O4.C4H11N/c1-39(30(44)45-21-24-15-26(31(33,34)35)17-27(16-24)32(36,37)38)19-25(14-22-8-4-2-5-9-22)29(43)41-13-12-40(28(42)20-41)18-23-10-6-3-7-11-23;1-2-3-4-5/h2-11,15-17,25H,12-14,18-21H2,1H3;2-5H2,1H3. The molecule has 14 heteroatoms. The van der Waals surface area contributed by atoms with Gasteiger partial charge in [-0.25, -0.2) is 4.79 Å².